The van der Waals surface area contributed by atoms with Gasteiger partial charge in [0, 0.05) is 5.70 Å². The van der Waals surface area contributed by atoms with Gasteiger partial charge in [-0.05, 0) is 30.2 Å². The lowest BCUT2D eigenvalue weighted by Gasteiger charge is -2.04. The summed E-state index contributed by atoms with van der Waals surface area (Å²) in [7, 11) is 0. The first-order valence-electron chi connectivity index (χ1n) is 5.85. The van der Waals surface area contributed by atoms with Crippen LogP contribution in [0.25, 0.3) is 5.70 Å². The molecule has 0 heterocycles. The van der Waals surface area contributed by atoms with E-state index in [0.29, 0.717) is 11.4 Å². The van der Waals surface area contributed by atoms with E-state index in [9.17, 15) is 0 Å². The van der Waals surface area contributed by atoms with E-state index in [1.165, 1.54) is 0 Å². The molecule has 2 rings (SSSR count). The minimum Gasteiger partial charge on any atom is -0.398 e. The largest absolute Gasteiger partial charge is 0.398 e. The average molecular weight is 236 g/mol. The maximum Gasteiger partial charge on any atom is 0.0633 e. The summed E-state index contributed by atoms with van der Waals surface area (Å²) in [4.78, 5) is 0. The van der Waals surface area contributed by atoms with E-state index in [4.69, 9.17) is 11.1 Å². The molecule has 0 saturated carbocycles. The molecule has 0 saturated heterocycles. The molecule has 0 aliphatic rings. The van der Waals surface area contributed by atoms with Crippen LogP contribution in [0, 0.1) is 12.3 Å². The van der Waals surface area contributed by atoms with Crippen LogP contribution in [0.1, 0.15) is 16.7 Å². The van der Waals surface area contributed by atoms with Crippen LogP contribution in [0.15, 0.2) is 60.7 Å². The standard InChI is InChI=1S/C16H16N2/c1-12-6-5-9-14(10-12)16(18)11-15(17)13-7-3-2-4-8-13/h2-11,18H,17H2,1H3/b15-11-,18-16?. The number of hydrogen-bond donors (Lipinski definition) is 2. The zero-order valence-corrected chi connectivity index (χ0v) is 10.4. The SMILES string of the molecule is Cc1cccc(C(=N)/C=C(\N)c2ccccc2)c1. The van der Waals surface area contributed by atoms with Gasteiger partial charge in [0.05, 0.1) is 5.71 Å². The number of rotatable bonds is 3. The highest BCUT2D eigenvalue weighted by molar-refractivity contribution is 6.10. The maximum atomic E-state index is 8.05. The van der Waals surface area contributed by atoms with Gasteiger partial charge in [-0.1, -0.05) is 54.1 Å². The van der Waals surface area contributed by atoms with E-state index in [0.717, 1.165) is 16.7 Å². The summed E-state index contributed by atoms with van der Waals surface area (Å²) in [5.74, 6) is 0. The molecule has 2 aromatic rings. The van der Waals surface area contributed by atoms with Gasteiger partial charge >= 0.3 is 0 Å². The number of aryl methyl sites for hydroxylation is 1. The lowest BCUT2D eigenvalue weighted by atomic mass is 10.0. The molecule has 90 valence electrons. The van der Waals surface area contributed by atoms with Crippen molar-refractivity contribution in [3.8, 4) is 0 Å². The fraction of sp³-hybridized carbons (Fsp3) is 0.0625. The minimum absolute atomic E-state index is 0.431. The summed E-state index contributed by atoms with van der Waals surface area (Å²) in [6.07, 6.45) is 1.70. The third-order valence-corrected chi connectivity index (χ3v) is 2.74. The van der Waals surface area contributed by atoms with Crippen molar-refractivity contribution in [1.29, 1.82) is 5.41 Å². The molecule has 0 unspecified atom stereocenters. The third kappa shape index (κ3) is 2.86. The average Bonchev–Trinajstić information content (AvgIpc) is 2.39. The van der Waals surface area contributed by atoms with Crippen molar-refractivity contribution in [2.24, 2.45) is 5.73 Å². The van der Waals surface area contributed by atoms with Crippen LogP contribution in [0.2, 0.25) is 0 Å². The molecule has 2 heteroatoms. The highest BCUT2D eigenvalue weighted by Gasteiger charge is 2.01. The Kier molecular flexibility index (Phi) is 3.58. The Balaban J connectivity index is 2.26. The van der Waals surface area contributed by atoms with Gasteiger partial charge in [0.1, 0.15) is 0 Å². The highest BCUT2D eigenvalue weighted by Crippen LogP contribution is 2.11. The van der Waals surface area contributed by atoms with E-state index < -0.39 is 0 Å². The quantitative estimate of drug-likeness (QED) is 0.789. The molecular formula is C16H16N2. The predicted octanol–water partition coefficient (Wildman–Crippen LogP) is 3.36. The molecule has 0 fully saturated rings. The Labute approximate surface area is 107 Å². The molecule has 0 aromatic heterocycles. The fourth-order valence-corrected chi connectivity index (χ4v) is 1.77. The van der Waals surface area contributed by atoms with Crippen molar-refractivity contribution in [2.45, 2.75) is 6.92 Å². The smallest absolute Gasteiger partial charge is 0.0633 e. The number of hydrogen-bond acceptors (Lipinski definition) is 2. The lowest BCUT2D eigenvalue weighted by Crippen LogP contribution is -2.02. The second kappa shape index (κ2) is 5.32. The van der Waals surface area contributed by atoms with Gasteiger partial charge in [0.15, 0.2) is 0 Å². The zero-order chi connectivity index (χ0) is 13.0. The van der Waals surface area contributed by atoms with Gasteiger partial charge in [-0.3, -0.25) is 0 Å². The molecule has 3 N–H and O–H groups in total. The van der Waals surface area contributed by atoms with Crippen LogP contribution < -0.4 is 5.73 Å². The summed E-state index contributed by atoms with van der Waals surface area (Å²) in [6.45, 7) is 2.01. The van der Waals surface area contributed by atoms with E-state index in [2.05, 4.69) is 0 Å². The summed E-state index contributed by atoms with van der Waals surface area (Å²) in [5.41, 5.74) is 10.0. The van der Waals surface area contributed by atoms with Crippen LogP contribution in [0.4, 0.5) is 0 Å². The Morgan fingerprint density at radius 3 is 2.33 bits per heavy atom. The monoisotopic (exact) mass is 236 g/mol. The van der Waals surface area contributed by atoms with Crippen molar-refractivity contribution in [3.63, 3.8) is 0 Å². The molecule has 2 aromatic carbocycles. The molecule has 0 amide bonds. The van der Waals surface area contributed by atoms with Crippen molar-refractivity contribution < 1.29 is 0 Å². The molecule has 0 atom stereocenters. The maximum absolute atomic E-state index is 8.05. The molecular weight excluding hydrogens is 220 g/mol. The second-order valence-corrected chi connectivity index (χ2v) is 4.25. The first-order chi connectivity index (χ1) is 8.66. The predicted molar refractivity (Wildman–Crippen MR) is 76.6 cm³/mol. The summed E-state index contributed by atoms with van der Waals surface area (Å²) < 4.78 is 0. The van der Waals surface area contributed by atoms with E-state index >= 15 is 0 Å². The van der Waals surface area contributed by atoms with Gasteiger partial charge < -0.3 is 11.1 Å². The van der Waals surface area contributed by atoms with Crippen LogP contribution in [-0.2, 0) is 0 Å². The first-order valence-corrected chi connectivity index (χ1v) is 5.85. The number of allylic oxidation sites excluding steroid dienone is 1. The lowest BCUT2D eigenvalue weighted by molar-refractivity contribution is 1.42. The topological polar surface area (TPSA) is 49.9 Å². The molecule has 0 radical (unpaired) electrons. The number of nitrogens with one attached hydrogen (secondary N) is 1. The molecule has 18 heavy (non-hydrogen) atoms. The molecule has 0 aliphatic carbocycles. The van der Waals surface area contributed by atoms with E-state index in [1.54, 1.807) is 6.08 Å². The normalized spacial score (nSPS) is 11.3. The van der Waals surface area contributed by atoms with Gasteiger partial charge in [-0.15, -0.1) is 0 Å². The van der Waals surface area contributed by atoms with Gasteiger partial charge in [0.25, 0.3) is 0 Å². The summed E-state index contributed by atoms with van der Waals surface area (Å²) in [6, 6.07) is 17.6. The van der Waals surface area contributed by atoms with E-state index in [1.807, 2.05) is 61.5 Å². The van der Waals surface area contributed by atoms with Crippen LogP contribution in [0.5, 0.6) is 0 Å². The summed E-state index contributed by atoms with van der Waals surface area (Å²) >= 11 is 0. The molecule has 0 bridgehead atoms. The van der Waals surface area contributed by atoms with Crippen LogP contribution in [0.3, 0.4) is 0 Å². The van der Waals surface area contributed by atoms with E-state index in [-0.39, 0.29) is 0 Å². The zero-order valence-electron chi connectivity index (χ0n) is 10.4. The molecule has 0 spiro atoms. The van der Waals surface area contributed by atoms with Crippen LogP contribution in [-0.4, -0.2) is 5.71 Å². The fourth-order valence-electron chi connectivity index (χ4n) is 1.77. The van der Waals surface area contributed by atoms with Crippen molar-refractivity contribution >= 4 is 11.4 Å². The second-order valence-electron chi connectivity index (χ2n) is 4.25. The number of nitrogens with two attached hydrogens (primary N) is 1. The first kappa shape index (κ1) is 12.1. The minimum atomic E-state index is 0.431. The summed E-state index contributed by atoms with van der Waals surface area (Å²) in [5, 5.41) is 8.05. The van der Waals surface area contributed by atoms with Crippen molar-refractivity contribution in [1.82, 2.24) is 0 Å². The Hall–Kier alpha value is -2.35. The highest BCUT2D eigenvalue weighted by atomic mass is 14.6. The van der Waals surface area contributed by atoms with Crippen LogP contribution >= 0.6 is 0 Å². The van der Waals surface area contributed by atoms with Crippen molar-refractivity contribution in [3.05, 3.63) is 77.4 Å². The Morgan fingerprint density at radius 2 is 1.67 bits per heavy atom. The Bertz CT molecular complexity index is 583. The molecule has 0 aliphatic heterocycles. The number of benzene rings is 2. The van der Waals surface area contributed by atoms with Gasteiger partial charge in [-0.25, -0.2) is 0 Å². The van der Waals surface area contributed by atoms with Crippen molar-refractivity contribution in [2.75, 3.05) is 0 Å². The Morgan fingerprint density at radius 1 is 1.00 bits per heavy atom. The van der Waals surface area contributed by atoms with Gasteiger partial charge in [-0.2, -0.15) is 0 Å². The molecule has 2 nitrogen and oxygen atoms in total. The third-order valence-electron chi connectivity index (χ3n) is 2.74. The van der Waals surface area contributed by atoms with Gasteiger partial charge in [0.2, 0.25) is 0 Å².